The van der Waals surface area contributed by atoms with Crippen molar-refractivity contribution >= 4 is 5.91 Å². The number of rotatable bonds is 16. The molecule has 0 saturated carbocycles. The van der Waals surface area contributed by atoms with Crippen molar-refractivity contribution in [3.8, 4) is 0 Å². The van der Waals surface area contributed by atoms with Crippen LogP contribution in [0.15, 0.2) is 0 Å². The summed E-state index contributed by atoms with van der Waals surface area (Å²) in [6.45, 7) is 3.93. The van der Waals surface area contributed by atoms with Crippen molar-refractivity contribution in [1.29, 1.82) is 0 Å². The number of nitrogens with one attached hydrogen (secondary N) is 1. The van der Waals surface area contributed by atoms with Gasteiger partial charge in [0.25, 0.3) is 0 Å². The molecule has 178 valence electrons. The highest BCUT2D eigenvalue weighted by Gasteiger charge is 2.46. The molecule has 1 fully saturated rings. The van der Waals surface area contributed by atoms with E-state index in [1.807, 2.05) is 0 Å². The van der Waals surface area contributed by atoms with E-state index in [2.05, 4.69) is 12.2 Å². The van der Waals surface area contributed by atoms with Gasteiger partial charge in [-0.05, 0) is 6.42 Å². The van der Waals surface area contributed by atoms with E-state index in [0.717, 1.165) is 12.8 Å². The first-order valence-electron chi connectivity index (χ1n) is 12.0. The maximum Gasteiger partial charge on any atom is 0.225 e. The fourth-order valence-electron chi connectivity index (χ4n) is 4.03. The first-order chi connectivity index (χ1) is 14.4. The van der Waals surface area contributed by atoms with Gasteiger partial charge in [-0.3, -0.25) is 4.79 Å². The van der Waals surface area contributed by atoms with Gasteiger partial charge in [-0.15, -0.1) is 0 Å². The van der Waals surface area contributed by atoms with Crippen molar-refractivity contribution in [2.45, 2.75) is 121 Å². The molecule has 1 heterocycles. The summed E-state index contributed by atoms with van der Waals surface area (Å²) in [7, 11) is 0. The zero-order chi connectivity index (χ0) is 22.4. The number of hydrogen-bond acceptors (Lipinski definition) is 6. The number of ether oxygens (including phenoxy) is 1. The molecule has 7 heteroatoms. The second-order valence-corrected chi connectivity index (χ2v) is 8.76. The first-order valence-corrected chi connectivity index (χ1v) is 12.0. The molecule has 6 atom stereocenters. The van der Waals surface area contributed by atoms with Crippen LogP contribution in [0.4, 0.5) is 0 Å². The van der Waals surface area contributed by atoms with Crippen LogP contribution in [0.3, 0.4) is 0 Å². The fraction of sp³-hybridized carbons (Fsp3) is 0.957. The summed E-state index contributed by atoms with van der Waals surface area (Å²) >= 11 is 0. The standard InChI is InChI=1S/C23H45NO6/c1-3-4-5-6-7-8-9-10-11-12-13-14-15-24-23(29)17(2)22-21(28)20(27)19(26)18(16-25)30-22/h17-22,25-28H,3-16H2,1-2H3,(H,24,29)/t17?,18-,19-,20+,21+,22?/m1/s1. The lowest BCUT2D eigenvalue weighted by molar-refractivity contribution is -0.238. The number of aliphatic hydroxyl groups is 4. The van der Waals surface area contributed by atoms with Crippen molar-refractivity contribution in [3.05, 3.63) is 0 Å². The molecular formula is C23H45NO6. The Bertz CT molecular complexity index is 447. The number of carbonyl (C=O) groups is 1. The largest absolute Gasteiger partial charge is 0.394 e. The van der Waals surface area contributed by atoms with Gasteiger partial charge in [0.1, 0.15) is 24.4 Å². The molecule has 0 aromatic heterocycles. The van der Waals surface area contributed by atoms with E-state index < -0.39 is 43.0 Å². The molecule has 1 rings (SSSR count). The Kier molecular flexibility index (Phi) is 14.5. The predicted molar refractivity (Wildman–Crippen MR) is 117 cm³/mol. The van der Waals surface area contributed by atoms with Crippen molar-refractivity contribution < 1.29 is 30.0 Å². The van der Waals surface area contributed by atoms with E-state index in [4.69, 9.17) is 4.74 Å². The molecule has 0 bridgehead atoms. The quantitative estimate of drug-likeness (QED) is 0.239. The average molecular weight is 432 g/mol. The Morgan fingerprint density at radius 1 is 0.833 bits per heavy atom. The van der Waals surface area contributed by atoms with Gasteiger partial charge in [-0.25, -0.2) is 0 Å². The number of amides is 1. The van der Waals surface area contributed by atoms with Crippen molar-refractivity contribution in [3.63, 3.8) is 0 Å². The molecule has 1 amide bonds. The minimum atomic E-state index is -1.45. The molecule has 2 unspecified atom stereocenters. The summed E-state index contributed by atoms with van der Waals surface area (Å²) in [4.78, 5) is 12.4. The Morgan fingerprint density at radius 2 is 1.33 bits per heavy atom. The molecule has 1 saturated heterocycles. The highest BCUT2D eigenvalue weighted by molar-refractivity contribution is 5.79. The maximum absolute atomic E-state index is 12.4. The van der Waals surface area contributed by atoms with Crippen molar-refractivity contribution in [1.82, 2.24) is 5.32 Å². The summed E-state index contributed by atoms with van der Waals surface area (Å²) in [5, 5.41) is 42.0. The number of aliphatic hydroxyl groups excluding tert-OH is 4. The summed E-state index contributed by atoms with van der Waals surface area (Å²) in [5.41, 5.74) is 0. The van der Waals surface area contributed by atoms with Gasteiger partial charge >= 0.3 is 0 Å². The molecule has 0 aliphatic carbocycles. The molecular weight excluding hydrogens is 386 g/mol. The Balaban J connectivity index is 2.10. The van der Waals surface area contributed by atoms with Crippen molar-refractivity contribution in [2.75, 3.05) is 13.2 Å². The third-order valence-electron chi connectivity index (χ3n) is 6.17. The number of hydrogen-bond donors (Lipinski definition) is 5. The Morgan fingerprint density at radius 3 is 1.83 bits per heavy atom. The Labute approximate surface area is 182 Å². The van der Waals surface area contributed by atoms with Crippen LogP contribution >= 0.6 is 0 Å². The van der Waals surface area contributed by atoms with Gasteiger partial charge in [0.05, 0.1) is 18.6 Å². The van der Waals surface area contributed by atoms with Crippen molar-refractivity contribution in [2.24, 2.45) is 5.92 Å². The smallest absolute Gasteiger partial charge is 0.225 e. The lowest BCUT2D eigenvalue weighted by atomic mass is 9.88. The third kappa shape index (κ3) is 9.60. The van der Waals surface area contributed by atoms with Gasteiger partial charge in [0, 0.05) is 6.54 Å². The van der Waals surface area contributed by atoms with E-state index in [0.29, 0.717) is 6.54 Å². The summed E-state index contributed by atoms with van der Waals surface area (Å²) in [6.07, 6.45) is 8.91. The first kappa shape index (κ1) is 27.3. The zero-order valence-electron chi connectivity index (χ0n) is 19.0. The topological polar surface area (TPSA) is 119 Å². The molecule has 30 heavy (non-hydrogen) atoms. The van der Waals surface area contributed by atoms with Gasteiger partial charge in [0.15, 0.2) is 0 Å². The maximum atomic E-state index is 12.4. The summed E-state index contributed by atoms with van der Waals surface area (Å²) in [5.74, 6) is -0.962. The van der Waals surface area contributed by atoms with Gasteiger partial charge in [-0.2, -0.15) is 0 Å². The van der Waals surface area contributed by atoms with E-state index in [1.54, 1.807) is 6.92 Å². The van der Waals surface area contributed by atoms with Crippen LogP contribution in [-0.2, 0) is 9.53 Å². The highest BCUT2D eigenvalue weighted by Crippen LogP contribution is 2.26. The SMILES string of the molecule is CCCCCCCCCCCCCCNC(=O)C(C)C1O[C@H](CO)[C@@H](O)[C@H](O)[C@@H]1O. The van der Waals surface area contributed by atoms with Crippen LogP contribution in [0.5, 0.6) is 0 Å². The van der Waals surface area contributed by atoms with Crippen LogP contribution in [0.2, 0.25) is 0 Å². The number of unbranched alkanes of at least 4 members (excludes halogenated alkanes) is 11. The van der Waals surface area contributed by atoms with Gasteiger partial charge < -0.3 is 30.5 Å². The molecule has 1 aliphatic rings. The van der Waals surface area contributed by atoms with Gasteiger partial charge in [-0.1, -0.05) is 84.5 Å². The van der Waals surface area contributed by atoms with E-state index in [9.17, 15) is 25.2 Å². The monoisotopic (exact) mass is 431 g/mol. The number of carbonyl (C=O) groups excluding carboxylic acids is 1. The molecule has 0 aromatic rings. The van der Waals surface area contributed by atoms with E-state index in [-0.39, 0.29) is 5.91 Å². The van der Waals surface area contributed by atoms with E-state index >= 15 is 0 Å². The van der Waals surface area contributed by atoms with Crippen LogP contribution in [-0.4, -0.2) is 70.0 Å². The lowest BCUT2D eigenvalue weighted by Crippen LogP contribution is -2.61. The molecule has 0 aromatic carbocycles. The van der Waals surface area contributed by atoms with Gasteiger partial charge in [0.2, 0.25) is 5.91 Å². The van der Waals surface area contributed by atoms with Crippen LogP contribution in [0, 0.1) is 5.92 Å². The minimum absolute atomic E-state index is 0.262. The average Bonchev–Trinajstić information content (AvgIpc) is 2.75. The third-order valence-corrected chi connectivity index (χ3v) is 6.17. The molecule has 0 spiro atoms. The predicted octanol–water partition coefficient (Wildman–Crippen LogP) is 2.28. The summed E-state index contributed by atoms with van der Waals surface area (Å²) in [6, 6.07) is 0. The highest BCUT2D eigenvalue weighted by atomic mass is 16.5. The molecule has 5 N–H and O–H groups in total. The summed E-state index contributed by atoms with van der Waals surface area (Å²) < 4.78 is 5.46. The lowest BCUT2D eigenvalue weighted by Gasteiger charge is -2.41. The zero-order valence-corrected chi connectivity index (χ0v) is 19.0. The molecule has 7 nitrogen and oxygen atoms in total. The van der Waals surface area contributed by atoms with Crippen LogP contribution in [0.25, 0.3) is 0 Å². The normalized spacial score (nSPS) is 27.7. The second kappa shape index (κ2) is 16.0. The van der Waals surface area contributed by atoms with Crippen LogP contribution in [0.1, 0.15) is 90.9 Å². The second-order valence-electron chi connectivity index (χ2n) is 8.76. The fourth-order valence-corrected chi connectivity index (χ4v) is 4.03. The van der Waals surface area contributed by atoms with E-state index in [1.165, 1.54) is 64.2 Å². The van der Waals surface area contributed by atoms with Crippen LogP contribution < -0.4 is 5.32 Å². The molecule has 0 radical (unpaired) electrons. The minimum Gasteiger partial charge on any atom is -0.394 e. The molecule has 1 aliphatic heterocycles. The Hall–Kier alpha value is -0.730.